The highest BCUT2D eigenvalue weighted by molar-refractivity contribution is 5.86. The van der Waals surface area contributed by atoms with E-state index in [1.54, 1.807) is 19.1 Å². The number of halogens is 1. The molecular formula is C16H23FN2O2. The minimum atomic E-state index is -0.879. The van der Waals surface area contributed by atoms with E-state index in [4.69, 9.17) is 10.5 Å². The Hall–Kier alpha value is -1.62. The third kappa shape index (κ3) is 3.53. The van der Waals surface area contributed by atoms with Crippen molar-refractivity contribution in [3.63, 3.8) is 0 Å². The molecule has 0 bridgehead atoms. The van der Waals surface area contributed by atoms with Gasteiger partial charge in [0, 0.05) is 12.1 Å². The summed E-state index contributed by atoms with van der Waals surface area (Å²) in [6.45, 7) is 5.74. The number of primary amides is 1. The summed E-state index contributed by atoms with van der Waals surface area (Å²) in [7, 11) is 0. The molecule has 116 valence electrons. The Morgan fingerprint density at radius 1 is 1.52 bits per heavy atom. The molecule has 1 amide bonds. The van der Waals surface area contributed by atoms with Crippen LogP contribution in [0.3, 0.4) is 0 Å². The van der Waals surface area contributed by atoms with Crippen LogP contribution in [0, 0.1) is 18.7 Å². The predicted octanol–water partition coefficient (Wildman–Crippen LogP) is 2.15. The molecule has 21 heavy (non-hydrogen) atoms. The van der Waals surface area contributed by atoms with Gasteiger partial charge in [-0.3, -0.25) is 10.1 Å². The van der Waals surface area contributed by atoms with Crippen molar-refractivity contribution in [1.29, 1.82) is 0 Å². The Kier molecular flexibility index (Phi) is 4.52. The molecule has 5 heteroatoms. The highest BCUT2D eigenvalue weighted by atomic mass is 19.1. The molecule has 0 heterocycles. The minimum absolute atomic E-state index is 0.108. The number of nitrogens with one attached hydrogen (secondary N) is 1. The first kappa shape index (κ1) is 15.8. The van der Waals surface area contributed by atoms with Crippen molar-refractivity contribution in [2.45, 2.75) is 45.2 Å². The van der Waals surface area contributed by atoms with Crippen molar-refractivity contribution in [2.24, 2.45) is 11.7 Å². The van der Waals surface area contributed by atoms with Crippen LogP contribution in [-0.2, 0) is 4.79 Å². The number of rotatable bonds is 7. The summed E-state index contributed by atoms with van der Waals surface area (Å²) in [5.41, 5.74) is 5.31. The Bertz CT molecular complexity index is 529. The zero-order chi connectivity index (χ0) is 15.6. The first-order chi connectivity index (χ1) is 9.85. The molecule has 1 aliphatic rings. The van der Waals surface area contributed by atoms with Gasteiger partial charge in [-0.05, 0) is 51.2 Å². The molecule has 1 aromatic carbocycles. The Balaban J connectivity index is 2.14. The second-order valence-electron chi connectivity index (χ2n) is 6.11. The van der Waals surface area contributed by atoms with Crippen molar-refractivity contribution in [2.75, 3.05) is 6.61 Å². The van der Waals surface area contributed by atoms with Gasteiger partial charge in [-0.1, -0.05) is 6.07 Å². The minimum Gasteiger partial charge on any atom is -0.491 e. The van der Waals surface area contributed by atoms with Crippen LogP contribution in [0.5, 0.6) is 5.75 Å². The van der Waals surface area contributed by atoms with Crippen LogP contribution < -0.4 is 15.8 Å². The maximum atomic E-state index is 13.6. The summed E-state index contributed by atoms with van der Waals surface area (Å²) in [6, 6.07) is 4.80. The molecule has 1 aliphatic carbocycles. The number of aryl methyl sites for hydroxylation is 1. The van der Waals surface area contributed by atoms with Crippen LogP contribution in [0.2, 0.25) is 0 Å². The number of benzene rings is 1. The molecular weight excluding hydrogens is 271 g/mol. The number of hydrogen-bond donors (Lipinski definition) is 2. The number of carbonyl (C=O) groups excluding carboxylic acids is 1. The molecule has 0 saturated heterocycles. The van der Waals surface area contributed by atoms with E-state index in [1.807, 2.05) is 13.8 Å². The standard InChI is InChI=1S/C16H23FN2O2/c1-10(2)19-16(15(18)20,12-5-6-12)9-21-13-7-4-11(3)14(17)8-13/h4,7-8,10,12,19H,5-6,9H2,1-3H3,(H2,18,20). The maximum Gasteiger partial charge on any atom is 0.241 e. The Morgan fingerprint density at radius 3 is 2.67 bits per heavy atom. The molecule has 1 atom stereocenters. The van der Waals surface area contributed by atoms with E-state index in [-0.39, 0.29) is 24.4 Å². The van der Waals surface area contributed by atoms with Crippen molar-refractivity contribution in [3.8, 4) is 5.75 Å². The zero-order valence-electron chi connectivity index (χ0n) is 12.8. The summed E-state index contributed by atoms with van der Waals surface area (Å²) >= 11 is 0. The summed E-state index contributed by atoms with van der Waals surface area (Å²) in [6.07, 6.45) is 1.91. The molecule has 1 aromatic rings. The predicted molar refractivity (Wildman–Crippen MR) is 79.6 cm³/mol. The van der Waals surface area contributed by atoms with Crippen LogP contribution in [0.25, 0.3) is 0 Å². The fourth-order valence-electron chi connectivity index (χ4n) is 2.57. The van der Waals surface area contributed by atoms with Crippen LogP contribution >= 0.6 is 0 Å². The second-order valence-corrected chi connectivity index (χ2v) is 6.11. The highest BCUT2D eigenvalue weighted by Gasteiger charge is 2.50. The number of nitrogens with two attached hydrogens (primary N) is 1. The first-order valence-corrected chi connectivity index (χ1v) is 7.31. The van der Waals surface area contributed by atoms with Crippen molar-refractivity contribution >= 4 is 5.91 Å². The fourth-order valence-corrected chi connectivity index (χ4v) is 2.57. The Morgan fingerprint density at radius 2 is 2.19 bits per heavy atom. The lowest BCUT2D eigenvalue weighted by Gasteiger charge is -2.33. The molecule has 3 N–H and O–H groups in total. The van der Waals surface area contributed by atoms with Crippen LogP contribution in [0.4, 0.5) is 4.39 Å². The largest absolute Gasteiger partial charge is 0.491 e. The summed E-state index contributed by atoms with van der Waals surface area (Å²) in [5.74, 6) is -0.130. The van der Waals surface area contributed by atoms with Gasteiger partial charge in [-0.25, -0.2) is 4.39 Å². The van der Waals surface area contributed by atoms with Gasteiger partial charge in [0.05, 0.1) is 0 Å². The first-order valence-electron chi connectivity index (χ1n) is 7.31. The average Bonchev–Trinajstić information content (AvgIpc) is 3.22. The third-order valence-electron chi connectivity index (χ3n) is 3.87. The van der Waals surface area contributed by atoms with Crippen molar-refractivity contribution < 1.29 is 13.9 Å². The lowest BCUT2D eigenvalue weighted by atomic mass is 9.92. The van der Waals surface area contributed by atoms with Gasteiger partial charge in [0.15, 0.2) is 0 Å². The van der Waals surface area contributed by atoms with Gasteiger partial charge < -0.3 is 10.5 Å². The second kappa shape index (κ2) is 6.02. The van der Waals surface area contributed by atoms with Crippen LogP contribution in [0.15, 0.2) is 18.2 Å². The van der Waals surface area contributed by atoms with Crippen molar-refractivity contribution in [1.82, 2.24) is 5.32 Å². The summed E-state index contributed by atoms with van der Waals surface area (Å²) in [4.78, 5) is 12.0. The molecule has 0 aromatic heterocycles. The van der Waals surface area contributed by atoms with E-state index in [1.165, 1.54) is 6.07 Å². The van der Waals surface area contributed by atoms with Gasteiger partial charge in [-0.2, -0.15) is 0 Å². The molecule has 2 rings (SSSR count). The molecule has 1 saturated carbocycles. The molecule has 0 radical (unpaired) electrons. The van der Waals surface area contributed by atoms with E-state index in [0.717, 1.165) is 12.8 Å². The normalized spacial score (nSPS) is 17.6. The lowest BCUT2D eigenvalue weighted by Crippen LogP contribution is -2.62. The number of carbonyl (C=O) groups is 1. The van der Waals surface area contributed by atoms with Gasteiger partial charge in [0.1, 0.15) is 23.7 Å². The number of hydrogen-bond acceptors (Lipinski definition) is 3. The molecule has 4 nitrogen and oxygen atoms in total. The number of ether oxygens (including phenoxy) is 1. The summed E-state index contributed by atoms with van der Waals surface area (Å²) in [5, 5.41) is 3.26. The maximum absolute atomic E-state index is 13.6. The van der Waals surface area contributed by atoms with Crippen LogP contribution in [0.1, 0.15) is 32.3 Å². The molecule has 1 unspecified atom stereocenters. The number of amides is 1. The van der Waals surface area contributed by atoms with E-state index < -0.39 is 11.4 Å². The van der Waals surface area contributed by atoms with Gasteiger partial charge in [-0.15, -0.1) is 0 Å². The quantitative estimate of drug-likeness (QED) is 0.810. The van der Waals surface area contributed by atoms with Gasteiger partial charge >= 0.3 is 0 Å². The summed E-state index contributed by atoms with van der Waals surface area (Å²) < 4.78 is 19.2. The van der Waals surface area contributed by atoms with Gasteiger partial charge in [0.25, 0.3) is 0 Å². The average molecular weight is 294 g/mol. The SMILES string of the molecule is Cc1ccc(OCC(NC(C)C)(C(N)=O)C2CC2)cc1F. The lowest BCUT2D eigenvalue weighted by molar-refractivity contribution is -0.127. The zero-order valence-corrected chi connectivity index (χ0v) is 12.8. The molecule has 1 fully saturated rings. The molecule has 0 aliphatic heterocycles. The van der Waals surface area contributed by atoms with E-state index in [2.05, 4.69) is 5.32 Å². The third-order valence-corrected chi connectivity index (χ3v) is 3.87. The highest BCUT2D eigenvalue weighted by Crippen LogP contribution is 2.40. The monoisotopic (exact) mass is 294 g/mol. The smallest absolute Gasteiger partial charge is 0.241 e. The van der Waals surface area contributed by atoms with Crippen LogP contribution in [-0.4, -0.2) is 24.1 Å². The van der Waals surface area contributed by atoms with E-state index in [9.17, 15) is 9.18 Å². The van der Waals surface area contributed by atoms with E-state index in [0.29, 0.717) is 11.3 Å². The van der Waals surface area contributed by atoms with E-state index >= 15 is 0 Å². The topological polar surface area (TPSA) is 64.3 Å². The molecule has 0 spiro atoms. The van der Waals surface area contributed by atoms with Gasteiger partial charge in [0.2, 0.25) is 5.91 Å². The Labute approximate surface area is 124 Å². The van der Waals surface area contributed by atoms with Crippen molar-refractivity contribution in [3.05, 3.63) is 29.6 Å². The fraction of sp³-hybridized carbons (Fsp3) is 0.562.